The minimum Gasteiger partial charge on any atom is -0.354 e. The first-order valence-electron chi connectivity index (χ1n) is 7.67. The predicted octanol–water partition coefficient (Wildman–Crippen LogP) is 1.22. The van der Waals surface area contributed by atoms with Gasteiger partial charge in [-0.3, -0.25) is 4.79 Å². The van der Waals surface area contributed by atoms with Gasteiger partial charge >= 0.3 is 0 Å². The van der Waals surface area contributed by atoms with E-state index in [2.05, 4.69) is 36.6 Å². The number of amides is 1. The second-order valence-corrected chi connectivity index (χ2v) is 6.83. The molecule has 4 heteroatoms. The minimum atomic E-state index is 0.172. The fraction of sp³-hybridized carbons (Fsp3) is 0.933. The Morgan fingerprint density at radius 2 is 2.16 bits per heavy atom. The third-order valence-electron chi connectivity index (χ3n) is 4.97. The summed E-state index contributed by atoms with van der Waals surface area (Å²) in [5.74, 6) is 1.55. The summed E-state index contributed by atoms with van der Waals surface area (Å²) >= 11 is 0. The molecule has 2 aliphatic rings. The minimum absolute atomic E-state index is 0.172. The molecule has 1 saturated carbocycles. The molecule has 0 aromatic rings. The molecular weight excluding hydrogens is 238 g/mol. The number of carbonyl (C=O) groups is 1. The largest absolute Gasteiger partial charge is 0.354 e. The van der Waals surface area contributed by atoms with Gasteiger partial charge in [-0.2, -0.15) is 0 Å². The van der Waals surface area contributed by atoms with Crippen LogP contribution in [-0.2, 0) is 4.79 Å². The van der Waals surface area contributed by atoms with E-state index in [-0.39, 0.29) is 11.4 Å². The molecule has 1 aliphatic carbocycles. The summed E-state index contributed by atoms with van der Waals surface area (Å²) in [6.45, 7) is 5.15. The predicted molar refractivity (Wildman–Crippen MR) is 78.0 cm³/mol. The van der Waals surface area contributed by atoms with Crippen molar-refractivity contribution in [2.24, 2.45) is 11.8 Å². The van der Waals surface area contributed by atoms with Crippen LogP contribution in [0.5, 0.6) is 0 Å². The highest BCUT2D eigenvalue weighted by molar-refractivity contribution is 5.76. The van der Waals surface area contributed by atoms with E-state index in [4.69, 9.17) is 0 Å². The average Bonchev–Trinajstić information content (AvgIpc) is 2.31. The molecule has 110 valence electrons. The van der Waals surface area contributed by atoms with Crippen LogP contribution in [0, 0.1) is 11.8 Å². The fourth-order valence-electron chi connectivity index (χ4n) is 3.45. The van der Waals surface area contributed by atoms with Crippen LogP contribution >= 0.6 is 0 Å². The van der Waals surface area contributed by atoms with Gasteiger partial charge in [-0.1, -0.05) is 19.8 Å². The molecule has 2 unspecified atom stereocenters. The lowest BCUT2D eigenvalue weighted by Gasteiger charge is -2.45. The molecule has 0 spiro atoms. The van der Waals surface area contributed by atoms with Crippen molar-refractivity contribution in [3.05, 3.63) is 0 Å². The summed E-state index contributed by atoms with van der Waals surface area (Å²) in [5, 5.41) is 6.40. The van der Waals surface area contributed by atoms with Crippen LogP contribution in [0.15, 0.2) is 0 Å². The molecule has 2 rings (SSSR count). The molecule has 1 saturated heterocycles. The molecule has 19 heavy (non-hydrogen) atoms. The average molecular weight is 267 g/mol. The quantitative estimate of drug-likeness (QED) is 0.787. The maximum Gasteiger partial charge on any atom is 0.220 e. The molecular formula is C15H29N3O. The molecule has 1 aliphatic heterocycles. The van der Waals surface area contributed by atoms with Gasteiger partial charge in [0.05, 0.1) is 0 Å². The van der Waals surface area contributed by atoms with E-state index >= 15 is 0 Å². The van der Waals surface area contributed by atoms with Crippen molar-refractivity contribution in [3.63, 3.8) is 0 Å². The molecule has 0 bridgehead atoms. The van der Waals surface area contributed by atoms with E-state index in [1.807, 2.05) is 0 Å². The highest BCUT2D eigenvalue weighted by atomic mass is 16.1. The van der Waals surface area contributed by atoms with E-state index in [1.54, 1.807) is 0 Å². The number of carbonyl (C=O) groups excluding carboxylic acids is 1. The standard InChI is InChI=1S/C15H29N3O/c1-12-5-4-6-15(8-12,18(2)3)11-17-14(19)7-13-9-16-10-13/h12-13,16H,4-11H2,1-3H3,(H,17,19). The number of hydrogen-bond acceptors (Lipinski definition) is 3. The lowest BCUT2D eigenvalue weighted by atomic mass is 9.75. The Kier molecular flexibility index (Phi) is 4.85. The molecule has 2 N–H and O–H groups in total. The second-order valence-electron chi connectivity index (χ2n) is 6.83. The first-order valence-corrected chi connectivity index (χ1v) is 7.67. The van der Waals surface area contributed by atoms with Crippen molar-refractivity contribution < 1.29 is 4.79 Å². The van der Waals surface area contributed by atoms with E-state index in [0.717, 1.165) is 25.6 Å². The number of hydrogen-bond donors (Lipinski definition) is 2. The molecule has 0 radical (unpaired) electrons. The van der Waals surface area contributed by atoms with Crippen LogP contribution in [0.25, 0.3) is 0 Å². The van der Waals surface area contributed by atoms with Crippen molar-refractivity contribution in [1.29, 1.82) is 0 Å². The van der Waals surface area contributed by atoms with Gasteiger partial charge < -0.3 is 15.5 Å². The number of rotatable bonds is 5. The van der Waals surface area contributed by atoms with Crippen molar-refractivity contribution in [1.82, 2.24) is 15.5 Å². The molecule has 1 amide bonds. The van der Waals surface area contributed by atoms with Crippen molar-refractivity contribution in [3.8, 4) is 0 Å². The van der Waals surface area contributed by atoms with Crippen LogP contribution in [0.3, 0.4) is 0 Å². The normalized spacial score (nSPS) is 32.1. The topological polar surface area (TPSA) is 44.4 Å². The van der Waals surface area contributed by atoms with Gasteiger partial charge in [0.15, 0.2) is 0 Å². The van der Waals surface area contributed by atoms with Gasteiger partial charge in [-0.25, -0.2) is 0 Å². The van der Waals surface area contributed by atoms with Crippen LogP contribution < -0.4 is 10.6 Å². The zero-order valence-corrected chi connectivity index (χ0v) is 12.7. The maximum atomic E-state index is 12.0. The van der Waals surface area contributed by atoms with Crippen molar-refractivity contribution in [2.75, 3.05) is 33.7 Å². The molecule has 2 atom stereocenters. The number of nitrogens with zero attached hydrogens (tertiary/aromatic N) is 1. The van der Waals surface area contributed by atoms with E-state index in [9.17, 15) is 4.79 Å². The van der Waals surface area contributed by atoms with Crippen LogP contribution in [0.1, 0.15) is 39.0 Å². The Labute approximate surface area is 117 Å². The van der Waals surface area contributed by atoms with Gasteiger partial charge in [0.2, 0.25) is 5.91 Å². The molecule has 2 fully saturated rings. The SMILES string of the molecule is CC1CCCC(CNC(=O)CC2CNC2)(N(C)C)C1. The third-order valence-corrected chi connectivity index (χ3v) is 4.97. The Balaban J connectivity index is 1.84. The third kappa shape index (κ3) is 3.69. The Bertz CT molecular complexity index is 315. The van der Waals surface area contributed by atoms with E-state index < -0.39 is 0 Å². The molecule has 1 heterocycles. The van der Waals surface area contributed by atoms with Gasteiger partial charge in [-0.15, -0.1) is 0 Å². The van der Waals surface area contributed by atoms with Crippen molar-refractivity contribution in [2.45, 2.75) is 44.6 Å². The maximum absolute atomic E-state index is 12.0. The summed E-state index contributed by atoms with van der Waals surface area (Å²) in [5.41, 5.74) is 0.172. The smallest absolute Gasteiger partial charge is 0.220 e. The molecule has 0 aromatic carbocycles. The Morgan fingerprint density at radius 3 is 2.68 bits per heavy atom. The first kappa shape index (κ1) is 14.8. The first-order chi connectivity index (χ1) is 9.02. The monoisotopic (exact) mass is 267 g/mol. The van der Waals surface area contributed by atoms with Crippen LogP contribution in [-0.4, -0.2) is 50.1 Å². The second kappa shape index (κ2) is 6.23. The van der Waals surface area contributed by atoms with Gasteiger partial charge in [0.1, 0.15) is 0 Å². The summed E-state index contributed by atoms with van der Waals surface area (Å²) in [6, 6.07) is 0. The highest BCUT2D eigenvalue weighted by Gasteiger charge is 2.37. The summed E-state index contributed by atoms with van der Waals surface area (Å²) in [7, 11) is 4.31. The molecule has 4 nitrogen and oxygen atoms in total. The van der Waals surface area contributed by atoms with Crippen LogP contribution in [0.4, 0.5) is 0 Å². The summed E-state index contributed by atoms with van der Waals surface area (Å²) in [6.07, 6.45) is 5.70. The van der Waals surface area contributed by atoms with Gasteiger partial charge in [-0.05, 0) is 51.9 Å². The number of likely N-dealkylation sites (N-methyl/N-ethyl adjacent to an activating group) is 1. The van der Waals surface area contributed by atoms with Crippen LogP contribution in [0.2, 0.25) is 0 Å². The fourth-order valence-corrected chi connectivity index (χ4v) is 3.45. The van der Waals surface area contributed by atoms with Gasteiger partial charge in [0.25, 0.3) is 0 Å². The highest BCUT2D eigenvalue weighted by Crippen LogP contribution is 2.35. The summed E-state index contributed by atoms with van der Waals surface area (Å²) in [4.78, 5) is 14.3. The molecule has 0 aromatic heterocycles. The van der Waals surface area contributed by atoms with E-state index in [1.165, 1.54) is 25.7 Å². The Hall–Kier alpha value is -0.610. The zero-order chi connectivity index (χ0) is 13.9. The van der Waals surface area contributed by atoms with Crippen molar-refractivity contribution >= 4 is 5.91 Å². The summed E-state index contributed by atoms with van der Waals surface area (Å²) < 4.78 is 0. The van der Waals surface area contributed by atoms with Gasteiger partial charge in [0, 0.05) is 18.5 Å². The Morgan fingerprint density at radius 1 is 1.42 bits per heavy atom. The number of nitrogens with one attached hydrogen (secondary N) is 2. The lowest BCUT2D eigenvalue weighted by Crippen LogP contribution is -2.55. The van der Waals surface area contributed by atoms with E-state index in [0.29, 0.717) is 12.3 Å². The lowest BCUT2D eigenvalue weighted by molar-refractivity contribution is -0.123. The zero-order valence-electron chi connectivity index (χ0n) is 12.7.